The van der Waals surface area contributed by atoms with Crippen LogP contribution in [0.5, 0.6) is 0 Å². The van der Waals surface area contributed by atoms with E-state index in [9.17, 15) is 4.39 Å². The van der Waals surface area contributed by atoms with Crippen molar-refractivity contribution in [1.29, 1.82) is 0 Å². The Balaban J connectivity index is 2.90. The summed E-state index contributed by atoms with van der Waals surface area (Å²) in [5, 5.41) is 0. The molecule has 0 amide bonds. The third kappa shape index (κ3) is 1.97. The normalized spacial score (nSPS) is 42.9. The highest BCUT2D eigenvalue weighted by Crippen LogP contribution is 2.49. The van der Waals surface area contributed by atoms with Gasteiger partial charge in [0.1, 0.15) is 6.17 Å². The van der Waals surface area contributed by atoms with E-state index in [4.69, 9.17) is 0 Å². The predicted octanol–water partition coefficient (Wildman–Crippen LogP) is 4.30. The van der Waals surface area contributed by atoms with Crippen molar-refractivity contribution in [3.05, 3.63) is 0 Å². The molecule has 2 unspecified atom stereocenters. The van der Waals surface area contributed by atoms with Crippen LogP contribution in [0.15, 0.2) is 0 Å². The van der Waals surface area contributed by atoms with Crippen molar-refractivity contribution in [1.82, 2.24) is 0 Å². The van der Waals surface area contributed by atoms with E-state index in [2.05, 4.69) is 41.5 Å². The Hall–Kier alpha value is -0.0700. The monoisotopic (exact) mass is 200 g/mol. The van der Waals surface area contributed by atoms with Crippen molar-refractivity contribution in [3.8, 4) is 0 Å². The van der Waals surface area contributed by atoms with Crippen molar-refractivity contribution >= 4 is 0 Å². The van der Waals surface area contributed by atoms with Crippen LogP contribution >= 0.6 is 0 Å². The van der Waals surface area contributed by atoms with Gasteiger partial charge in [0.05, 0.1) is 0 Å². The zero-order valence-corrected chi connectivity index (χ0v) is 10.5. The van der Waals surface area contributed by atoms with Crippen molar-refractivity contribution in [2.45, 2.75) is 54.1 Å². The van der Waals surface area contributed by atoms with Gasteiger partial charge in [0.2, 0.25) is 0 Å². The van der Waals surface area contributed by atoms with Crippen molar-refractivity contribution < 1.29 is 4.39 Å². The highest BCUT2D eigenvalue weighted by molar-refractivity contribution is 4.94. The molecule has 14 heavy (non-hydrogen) atoms. The molecule has 1 heteroatoms. The lowest BCUT2D eigenvalue weighted by Gasteiger charge is -2.48. The molecule has 1 fully saturated rings. The van der Waals surface area contributed by atoms with Crippen LogP contribution in [0, 0.1) is 29.1 Å². The second-order valence-electron chi connectivity index (χ2n) is 6.22. The molecule has 0 heterocycles. The summed E-state index contributed by atoms with van der Waals surface area (Å²) in [4.78, 5) is 0. The molecule has 0 aliphatic heterocycles. The van der Waals surface area contributed by atoms with E-state index in [1.807, 2.05) is 0 Å². The van der Waals surface area contributed by atoms with Gasteiger partial charge in [-0.15, -0.1) is 0 Å². The van der Waals surface area contributed by atoms with Gasteiger partial charge in [-0.05, 0) is 35.5 Å². The maximum absolute atomic E-state index is 14.1. The lowest BCUT2D eigenvalue weighted by atomic mass is 9.58. The van der Waals surface area contributed by atoms with E-state index in [-0.39, 0.29) is 11.8 Å². The molecule has 4 atom stereocenters. The smallest absolute Gasteiger partial charge is 0.106 e. The Bertz CT molecular complexity index is 195. The molecule has 0 N–H and O–H groups in total. The number of halogens is 1. The summed E-state index contributed by atoms with van der Waals surface area (Å²) in [5.74, 6) is 1.43. The molecule has 0 saturated heterocycles. The first kappa shape index (κ1) is 12.0. The van der Waals surface area contributed by atoms with E-state index in [0.717, 1.165) is 6.42 Å². The zero-order valence-electron chi connectivity index (χ0n) is 10.5. The molecule has 0 radical (unpaired) electrons. The Morgan fingerprint density at radius 1 is 1.21 bits per heavy atom. The number of alkyl halides is 1. The van der Waals surface area contributed by atoms with Gasteiger partial charge in [-0.3, -0.25) is 0 Å². The summed E-state index contributed by atoms with van der Waals surface area (Å²) in [6.07, 6.45) is 0.427. The molecule has 1 rings (SSSR count). The summed E-state index contributed by atoms with van der Waals surface area (Å²) in [6, 6.07) is 0. The molecule has 0 aromatic carbocycles. The van der Waals surface area contributed by atoms with Gasteiger partial charge in [-0.25, -0.2) is 4.39 Å². The molecule has 84 valence electrons. The molecule has 0 aromatic rings. The summed E-state index contributed by atoms with van der Waals surface area (Å²) in [7, 11) is 0. The second-order valence-corrected chi connectivity index (χ2v) is 6.22. The van der Waals surface area contributed by atoms with Gasteiger partial charge in [0.15, 0.2) is 0 Å². The van der Waals surface area contributed by atoms with Crippen LogP contribution < -0.4 is 0 Å². The number of hydrogen-bond acceptors (Lipinski definition) is 0. The van der Waals surface area contributed by atoms with Crippen LogP contribution in [0.4, 0.5) is 4.39 Å². The molecule has 0 aromatic heterocycles. The van der Waals surface area contributed by atoms with Crippen LogP contribution in [0.3, 0.4) is 0 Å². The fourth-order valence-corrected chi connectivity index (χ4v) is 3.25. The van der Waals surface area contributed by atoms with Gasteiger partial charge in [0.25, 0.3) is 0 Å². The minimum absolute atomic E-state index is 0.230. The van der Waals surface area contributed by atoms with Gasteiger partial charge < -0.3 is 0 Å². The highest BCUT2D eigenvalue weighted by Gasteiger charge is 2.46. The van der Waals surface area contributed by atoms with Crippen LogP contribution in [0.25, 0.3) is 0 Å². The molecule has 1 aliphatic carbocycles. The third-order valence-corrected chi connectivity index (χ3v) is 4.34. The maximum Gasteiger partial charge on any atom is 0.106 e. The van der Waals surface area contributed by atoms with Crippen LogP contribution in [0.2, 0.25) is 0 Å². The van der Waals surface area contributed by atoms with Crippen LogP contribution in [-0.4, -0.2) is 6.17 Å². The molecule has 0 nitrogen and oxygen atoms in total. The minimum Gasteiger partial charge on any atom is -0.247 e. The summed E-state index contributed by atoms with van der Waals surface area (Å²) < 4.78 is 14.1. The minimum atomic E-state index is -0.599. The zero-order chi connectivity index (χ0) is 11.1. The first-order chi connectivity index (χ1) is 6.27. The van der Waals surface area contributed by atoms with E-state index < -0.39 is 6.17 Å². The first-order valence-corrected chi connectivity index (χ1v) is 5.91. The Morgan fingerprint density at radius 2 is 1.71 bits per heavy atom. The quantitative estimate of drug-likeness (QED) is 0.592. The van der Waals surface area contributed by atoms with Gasteiger partial charge in [-0.2, -0.15) is 0 Å². The second kappa shape index (κ2) is 3.83. The van der Waals surface area contributed by atoms with Crippen LogP contribution in [-0.2, 0) is 0 Å². The average molecular weight is 200 g/mol. The predicted molar refractivity (Wildman–Crippen MR) is 60.0 cm³/mol. The maximum atomic E-state index is 14.1. The molecule has 0 spiro atoms. The summed E-state index contributed by atoms with van der Waals surface area (Å²) in [6.45, 7) is 13.2. The lowest BCUT2D eigenvalue weighted by molar-refractivity contribution is -0.0395. The van der Waals surface area contributed by atoms with E-state index >= 15 is 0 Å². The number of rotatable bonds is 1. The van der Waals surface area contributed by atoms with Gasteiger partial charge >= 0.3 is 0 Å². The van der Waals surface area contributed by atoms with E-state index in [1.165, 1.54) is 0 Å². The van der Waals surface area contributed by atoms with Gasteiger partial charge in [0, 0.05) is 0 Å². The lowest BCUT2D eigenvalue weighted by Crippen LogP contribution is -2.46. The van der Waals surface area contributed by atoms with Crippen molar-refractivity contribution in [3.63, 3.8) is 0 Å². The summed E-state index contributed by atoms with van der Waals surface area (Å²) in [5.41, 5.74) is 0.303. The third-order valence-electron chi connectivity index (χ3n) is 4.34. The largest absolute Gasteiger partial charge is 0.247 e. The first-order valence-electron chi connectivity index (χ1n) is 5.91. The standard InChI is InChI=1S/C13H25F/c1-8(2)11-10(4)13(5,6)7-9(3)12(11)14/h8-12H,7H2,1-6H3/t9-,10+,11?,12?/m1/s1. The average Bonchev–Trinajstić information content (AvgIpc) is 2.00. The Labute approximate surface area is 88.3 Å². The molecule has 0 bridgehead atoms. The van der Waals surface area contributed by atoms with E-state index in [0.29, 0.717) is 17.3 Å². The number of hydrogen-bond donors (Lipinski definition) is 0. The molecule has 1 aliphatic rings. The van der Waals surface area contributed by atoms with Crippen molar-refractivity contribution in [2.24, 2.45) is 29.1 Å². The van der Waals surface area contributed by atoms with Crippen molar-refractivity contribution in [2.75, 3.05) is 0 Å². The SMILES string of the molecule is CC(C)C1C(F)[C@H](C)CC(C)(C)[C@H]1C. The molecular formula is C13H25F. The molecule has 1 saturated carbocycles. The van der Waals surface area contributed by atoms with Crippen LogP contribution in [0.1, 0.15) is 48.0 Å². The Kier molecular flexibility index (Phi) is 3.28. The Morgan fingerprint density at radius 3 is 2.14 bits per heavy atom. The summed E-state index contributed by atoms with van der Waals surface area (Å²) >= 11 is 0. The fraction of sp³-hybridized carbons (Fsp3) is 1.00. The van der Waals surface area contributed by atoms with Gasteiger partial charge in [-0.1, -0.05) is 41.5 Å². The highest BCUT2D eigenvalue weighted by atomic mass is 19.1. The fourth-order valence-electron chi connectivity index (χ4n) is 3.25. The molecular weight excluding hydrogens is 175 g/mol. The van der Waals surface area contributed by atoms with E-state index in [1.54, 1.807) is 0 Å². The topological polar surface area (TPSA) is 0 Å².